The molecule has 0 aliphatic carbocycles. The third-order valence-electron chi connectivity index (χ3n) is 4.84. The van der Waals surface area contributed by atoms with Crippen molar-refractivity contribution in [2.75, 3.05) is 21.3 Å². The van der Waals surface area contributed by atoms with E-state index in [1.165, 1.54) is 5.56 Å². The molecule has 0 bridgehead atoms. The average Bonchev–Trinajstić information content (AvgIpc) is 3.19. The fourth-order valence-corrected chi connectivity index (χ4v) is 3.54. The molecule has 0 unspecified atom stereocenters. The number of imidazole rings is 1. The van der Waals surface area contributed by atoms with Gasteiger partial charge in [0.1, 0.15) is 5.82 Å². The van der Waals surface area contributed by atoms with Crippen LogP contribution in [0.5, 0.6) is 17.2 Å². The second kappa shape index (κ2) is 8.05. The maximum absolute atomic E-state index is 6.01. The SMILES string of the molecule is COc1cc(-c2nc3c(Cc4ccc(Cl)cc4)cccc3[nH]2)cc(OC)c1OC. The Morgan fingerprint density at radius 3 is 2.21 bits per heavy atom. The highest BCUT2D eigenvalue weighted by Crippen LogP contribution is 2.41. The van der Waals surface area contributed by atoms with Crippen LogP contribution in [0, 0.1) is 0 Å². The van der Waals surface area contributed by atoms with E-state index in [1.807, 2.05) is 48.5 Å². The van der Waals surface area contributed by atoms with Crippen LogP contribution in [0.25, 0.3) is 22.4 Å². The molecule has 148 valence electrons. The van der Waals surface area contributed by atoms with Gasteiger partial charge in [-0.15, -0.1) is 0 Å². The number of hydrogen-bond donors (Lipinski definition) is 1. The van der Waals surface area contributed by atoms with E-state index in [4.69, 9.17) is 30.8 Å². The van der Waals surface area contributed by atoms with E-state index in [9.17, 15) is 0 Å². The number of nitrogens with zero attached hydrogens (tertiary/aromatic N) is 1. The minimum absolute atomic E-state index is 0.554. The summed E-state index contributed by atoms with van der Waals surface area (Å²) in [6.45, 7) is 0. The van der Waals surface area contributed by atoms with Gasteiger partial charge in [0.05, 0.1) is 32.4 Å². The highest BCUT2D eigenvalue weighted by Gasteiger charge is 2.17. The lowest BCUT2D eigenvalue weighted by Gasteiger charge is -2.13. The molecule has 1 N–H and O–H groups in total. The molecule has 6 heteroatoms. The normalized spacial score (nSPS) is 10.9. The number of benzene rings is 3. The zero-order valence-corrected chi connectivity index (χ0v) is 17.2. The number of halogens is 1. The van der Waals surface area contributed by atoms with Gasteiger partial charge in [-0.25, -0.2) is 4.98 Å². The van der Waals surface area contributed by atoms with Crippen LogP contribution in [0.2, 0.25) is 5.02 Å². The quantitative estimate of drug-likeness (QED) is 0.457. The van der Waals surface area contributed by atoms with Crippen molar-refractivity contribution in [1.29, 1.82) is 0 Å². The molecule has 1 heterocycles. The summed E-state index contributed by atoms with van der Waals surface area (Å²) < 4.78 is 16.4. The number of rotatable bonds is 6. The molecule has 0 saturated heterocycles. The predicted molar refractivity (Wildman–Crippen MR) is 115 cm³/mol. The van der Waals surface area contributed by atoms with Crippen LogP contribution in [-0.4, -0.2) is 31.3 Å². The van der Waals surface area contributed by atoms with E-state index in [0.717, 1.165) is 39.4 Å². The standard InChI is InChI=1S/C23H21ClN2O3/c1-27-19-12-16(13-20(28-2)22(19)29-3)23-25-18-6-4-5-15(21(18)26-23)11-14-7-9-17(24)10-8-14/h4-10,12-13H,11H2,1-3H3,(H,25,26). The molecule has 3 aromatic carbocycles. The van der Waals surface area contributed by atoms with E-state index in [0.29, 0.717) is 17.2 Å². The number of fused-ring (bicyclic) bond motifs is 1. The second-order valence-electron chi connectivity index (χ2n) is 6.62. The van der Waals surface area contributed by atoms with Crippen molar-refractivity contribution >= 4 is 22.6 Å². The molecule has 29 heavy (non-hydrogen) atoms. The minimum atomic E-state index is 0.554. The number of methoxy groups -OCH3 is 3. The van der Waals surface area contributed by atoms with Crippen molar-refractivity contribution in [3.63, 3.8) is 0 Å². The summed E-state index contributed by atoms with van der Waals surface area (Å²) in [6.07, 6.45) is 0.772. The first kappa shape index (κ1) is 19.2. The Morgan fingerprint density at radius 2 is 1.59 bits per heavy atom. The number of aromatic amines is 1. The highest BCUT2D eigenvalue weighted by atomic mass is 35.5. The Balaban J connectivity index is 1.77. The minimum Gasteiger partial charge on any atom is -0.493 e. The van der Waals surface area contributed by atoms with Crippen LogP contribution in [-0.2, 0) is 6.42 Å². The van der Waals surface area contributed by atoms with Crippen LogP contribution in [0.15, 0.2) is 54.6 Å². The van der Waals surface area contributed by atoms with Gasteiger partial charge in [0.2, 0.25) is 5.75 Å². The van der Waals surface area contributed by atoms with Crippen LogP contribution >= 0.6 is 11.6 Å². The van der Waals surface area contributed by atoms with Crippen LogP contribution < -0.4 is 14.2 Å². The van der Waals surface area contributed by atoms with Crippen LogP contribution in [0.3, 0.4) is 0 Å². The van der Waals surface area contributed by atoms with E-state index < -0.39 is 0 Å². The lowest BCUT2D eigenvalue weighted by molar-refractivity contribution is 0.324. The summed E-state index contributed by atoms with van der Waals surface area (Å²) in [6, 6.07) is 17.8. The molecule has 0 aliphatic rings. The fourth-order valence-electron chi connectivity index (χ4n) is 3.41. The summed E-state index contributed by atoms with van der Waals surface area (Å²) >= 11 is 6.01. The zero-order chi connectivity index (χ0) is 20.4. The van der Waals surface area contributed by atoms with Crippen molar-refractivity contribution in [1.82, 2.24) is 9.97 Å². The average molecular weight is 409 g/mol. The molecule has 0 saturated carbocycles. The van der Waals surface area contributed by atoms with Crippen LogP contribution in [0.4, 0.5) is 0 Å². The number of H-pyrrole nitrogens is 1. The molecule has 0 aliphatic heterocycles. The number of para-hydroxylation sites is 1. The third kappa shape index (κ3) is 3.74. The molecule has 4 aromatic rings. The smallest absolute Gasteiger partial charge is 0.203 e. The van der Waals surface area contributed by atoms with Crippen molar-refractivity contribution in [3.05, 3.63) is 70.7 Å². The monoisotopic (exact) mass is 408 g/mol. The first-order valence-corrected chi connectivity index (χ1v) is 9.53. The van der Waals surface area contributed by atoms with E-state index in [2.05, 4.69) is 11.1 Å². The number of hydrogen-bond acceptors (Lipinski definition) is 4. The lowest BCUT2D eigenvalue weighted by atomic mass is 10.0. The number of ether oxygens (including phenoxy) is 3. The topological polar surface area (TPSA) is 56.4 Å². The molecule has 0 spiro atoms. The summed E-state index contributed by atoms with van der Waals surface area (Å²) in [5, 5.41) is 0.733. The summed E-state index contributed by atoms with van der Waals surface area (Å²) in [7, 11) is 4.79. The molecule has 0 fully saturated rings. The Morgan fingerprint density at radius 1 is 0.897 bits per heavy atom. The highest BCUT2D eigenvalue weighted by molar-refractivity contribution is 6.30. The molecule has 1 aromatic heterocycles. The molecule has 4 rings (SSSR count). The molecular weight excluding hydrogens is 388 g/mol. The maximum Gasteiger partial charge on any atom is 0.203 e. The van der Waals surface area contributed by atoms with Gasteiger partial charge in [-0.2, -0.15) is 0 Å². The van der Waals surface area contributed by atoms with Crippen molar-refractivity contribution in [3.8, 4) is 28.6 Å². The van der Waals surface area contributed by atoms with Gasteiger partial charge >= 0.3 is 0 Å². The second-order valence-corrected chi connectivity index (χ2v) is 7.05. The summed E-state index contributed by atoms with van der Waals surface area (Å²) in [5.41, 5.74) is 5.08. The Bertz CT molecular complexity index is 1130. The largest absolute Gasteiger partial charge is 0.493 e. The first-order valence-electron chi connectivity index (χ1n) is 9.15. The Hall–Kier alpha value is -3.18. The van der Waals surface area contributed by atoms with Gasteiger partial charge in [-0.3, -0.25) is 0 Å². The Kier molecular flexibility index (Phi) is 5.32. The Labute approximate surface area is 174 Å². The molecule has 5 nitrogen and oxygen atoms in total. The van der Waals surface area contributed by atoms with E-state index >= 15 is 0 Å². The van der Waals surface area contributed by atoms with Gasteiger partial charge in [0.25, 0.3) is 0 Å². The van der Waals surface area contributed by atoms with Gasteiger partial charge < -0.3 is 19.2 Å². The number of nitrogens with one attached hydrogen (secondary N) is 1. The summed E-state index contributed by atoms with van der Waals surface area (Å²) in [4.78, 5) is 8.27. The molecule has 0 amide bonds. The van der Waals surface area contributed by atoms with E-state index in [1.54, 1.807) is 21.3 Å². The molecular formula is C23H21ClN2O3. The maximum atomic E-state index is 6.01. The van der Waals surface area contributed by atoms with Crippen molar-refractivity contribution in [2.45, 2.75) is 6.42 Å². The fraction of sp³-hybridized carbons (Fsp3) is 0.174. The van der Waals surface area contributed by atoms with Gasteiger partial charge in [0, 0.05) is 10.6 Å². The van der Waals surface area contributed by atoms with Crippen molar-refractivity contribution < 1.29 is 14.2 Å². The van der Waals surface area contributed by atoms with Gasteiger partial charge in [-0.05, 0) is 47.9 Å². The van der Waals surface area contributed by atoms with Gasteiger partial charge in [-0.1, -0.05) is 35.9 Å². The zero-order valence-electron chi connectivity index (χ0n) is 16.5. The van der Waals surface area contributed by atoms with Crippen molar-refractivity contribution in [2.24, 2.45) is 0 Å². The molecule has 0 atom stereocenters. The van der Waals surface area contributed by atoms with Crippen LogP contribution in [0.1, 0.15) is 11.1 Å². The van der Waals surface area contributed by atoms with Gasteiger partial charge in [0.15, 0.2) is 11.5 Å². The summed E-state index contributed by atoms with van der Waals surface area (Å²) in [5.74, 6) is 2.47. The predicted octanol–water partition coefficient (Wildman–Crippen LogP) is 5.50. The third-order valence-corrected chi connectivity index (χ3v) is 5.09. The first-order chi connectivity index (χ1) is 14.1. The van der Waals surface area contributed by atoms with E-state index in [-0.39, 0.29) is 0 Å². The lowest BCUT2D eigenvalue weighted by Crippen LogP contribution is -1.96. The molecule has 0 radical (unpaired) electrons. The number of aromatic nitrogens is 2.